The van der Waals surface area contributed by atoms with Crippen molar-refractivity contribution in [2.75, 3.05) is 0 Å². The van der Waals surface area contributed by atoms with Gasteiger partial charge in [0.1, 0.15) is 0 Å². The molecule has 0 nitrogen and oxygen atoms in total. The predicted molar refractivity (Wildman–Crippen MR) is 68.2 cm³/mol. The quantitative estimate of drug-likeness (QED) is 0.714. The Morgan fingerprint density at radius 1 is 0.812 bits per heavy atom. The van der Waals surface area contributed by atoms with E-state index in [-0.39, 0.29) is 5.41 Å². The van der Waals surface area contributed by atoms with Gasteiger partial charge >= 0.3 is 0 Å². The summed E-state index contributed by atoms with van der Waals surface area (Å²) in [7, 11) is 0. The third-order valence-corrected chi connectivity index (χ3v) is 3.08. The van der Waals surface area contributed by atoms with Crippen LogP contribution in [-0.2, 0) is 5.41 Å². The summed E-state index contributed by atoms with van der Waals surface area (Å²) in [6, 6.07) is 20.6. The first-order valence-corrected chi connectivity index (χ1v) is 5.44. The first-order chi connectivity index (χ1) is 7.77. The van der Waals surface area contributed by atoms with E-state index in [0.717, 1.165) is 0 Å². The van der Waals surface area contributed by atoms with Gasteiger partial charge in [-0.1, -0.05) is 73.3 Å². The Labute approximate surface area is 97.3 Å². The molecule has 2 aromatic rings. The van der Waals surface area contributed by atoms with Crippen molar-refractivity contribution in [3.8, 4) is 0 Å². The molecule has 0 aliphatic rings. The Kier molecular flexibility index (Phi) is 2.91. The summed E-state index contributed by atoms with van der Waals surface area (Å²) >= 11 is 0. The third kappa shape index (κ3) is 1.79. The maximum absolute atomic E-state index is 5.85. The lowest BCUT2D eigenvalue weighted by Gasteiger charge is -2.27. The number of benzene rings is 2. The van der Waals surface area contributed by atoms with E-state index in [1.165, 1.54) is 11.1 Å². The molecule has 0 saturated carbocycles. The van der Waals surface area contributed by atoms with Crippen LogP contribution < -0.4 is 0 Å². The minimum absolute atomic E-state index is 0.220. The molecule has 0 spiro atoms. The molecule has 0 heteroatoms. The second-order valence-corrected chi connectivity index (χ2v) is 4.10. The van der Waals surface area contributed by atoms with Gasteiger partial charge in [0, 0.05) is 5.41 Å². The van der Waals surface area contributed by atoms with Gasteiger partial charge in [0.25, 0.3) is 0 Å². The highest BCUT2D eigenvalue weighted by Crippen LogP contribution is 2.32. The number of hydrogen-bond acceptors (Lipinski definition) is 0. The smallest absolute Gasteiger partial charge is 0.0356 e. The van der Waals surface area contributed by atoms with Crippen molar-refractivity contribution in [2.45, 2.75) is 12.3 Å². The van der Waals surface area contributed by atoms with E-state index in [1.54, 1.807) is 6.08 Å². The average molecular weight is 207 g/mol. The van der Waals surface area contributed by atoms with E-state index < -0.39 is 0 Å². The van der Waals surface area contributed by atoms with Crippen molar-refractivity contribution in [1.82, 2.24) is 0 Å². The summed E-state index contributed by atoms with van der Waals surface area (Å²) in [6.07, 6.45) is 1.76. The van der Waals surface area contributed by atoms with Gasteiger partial charge in [-0.2, -0.15) is 0 Å². The van der Waals surface area contributed by atoms with Crippen LogP contribution in [0.5, 0.6) is 0 Å². The summed E-state index contributed by atoms with van der Waals surface area (Å²) in [4.78, 5) is 0. The van der Waals surface area contributed by atoms with Crippen LogP contribution in [0.1, 0.15) is 18.1 Å². The van der Waals surface area contributed by atoms with Crippen molar-refractivity contribution in [1.29, 1.82) is 0 Å². The van der Waals surface area contributed by atoms with Crippen molar-refractivity contribution in [2.24, 2.45) is 0 Å². The fourth-order valence-corrected chi connectivity index (χ4v) is 1.93. The fraction of sp³-hybridized carbons (Fsp3) is 0.125. The van der Waals surface area contributed by atoms with Gasteiger partial charge in [0.05, 0.1) is 0 Å². The molecule has 0 atom stereocenters. The van der Waals surface area contributed by atoms with Gasteiger partial charge in [0.2, 0.25) is 0 Å². The van der Waals surface area contributed by atoms with Crippen LogP contribution in [0, 0.1) is 6.58 Å². The lowest BCUT2D eigenvalue weighted by molar-refractivity contribution is 0.724. The molecule has 2 rings (SSSR count). The van der Waals surface area contributed by atoms with Gasteiger partial charge in [-0.15, -0.1) is 0 Å². The maximum atomic E-state index is 5.85. The average Bonchev–Trinajstić information content (AvgIpc) is 2.40. The predicted octanol–water partition coefficient (Wildman–Crippen LogP) is 3.98. The zero-order chi connectivity index (χ0) is 11.4. The topological polar surface area (TPSA) is 0 Å². The minimum atomic E-state index is -0.220. The highest BCUT2D eigenvalue weighted by molar-refractivity contribution is 5.42. The molecule has 0 bridgehead atoms. The van der Waals surface area contributed by atoms with Crippen LogP contribution in [0.3, 0.4) is 0 Å². The van der Waals surface area contributed by atoms with Crippen LogP contribution in [0.25, 0.3) is 0 Å². The lowest BCUT2D eigenvalue weighted by Crippen LogP contribution is -2.20. The summed E-state index contributed by atoms with van der Waals surface area (Å²) < 4.78 is 0. The molecule has 16 heavy (non-hydrogen) atoms. The van der Waals surface area contributed by atoms with E-state index in [4.69, 9.17) is 6.58 Å². The van der Waals surface area contributed by atoms with Gasteiger partial charge in [-0.05, 0) is 18.1 Å². The van der Waals surface area contributed by atoms with Crippen LogP contribution in [0.4, 0.5) is 0 Å². The monoisotopic (exact) mass is 207 g/mol. The first-order valence-electron chi connectivity index (χ1n) is 5.44. The Bertz CT molecular complexity index is 414. The minimum Gasteiger partial charge on any atom is -0.0699 e. The molecule has 0 aliphatic heterocycles. The molecule has 0 N–H and O–H groups in total. The van der Waals surface area contributed by atoms with Gasteiger partial charge in [-0.3, -0.25) is 0 Å². The highest BCUT2D eigenvalue weighted by Gasteiger charge is 2.24. The van der Waals surface area contributed by atoms with E-state index in [9.17, 15) is 0 Å². The summed E-state index contributed by atoms with van der Waals surface area (Å²) in [6.45, 7) is 7.98. The third-order valence-electron chi connectivity index (χ3n) is 3.08. The number of allylic oxidation sites excluding steroid dienone is 1. The molecule has 0 amide bonds. The molecule has 0 unspecified atom stereocenters. The molecular formula is C16H15. The van der Waals surface area contributed by atoms with E-state index in [2.05, 4.69) is 31.2 Å². The number of hydrogen-bond donors (Lipinski definition) is 0. The van der Waals surface area contributed by atoms with Crippen LogP contribution in [0.2, 0.25) is 0 Å². The van der Waals surface area contributed by atoms with Crippen molar-refractivity contribution < 1.29 is 0 Å². The zero-order valence-electron chi connectivity index (χ0n) is 9.43. The Balaban J connectivity index is 2.53. The molecular weight excluding hydrogens is 192 g/mol. The second-order valence-electron chi connectivity index (χ2n) is 4.10. The molecule has 0 aromatic heterocycles. The van der Waals surface area contributed by atoms with E-state index in [0.29, 0.717) is 0 Å². The van der Waals surface area contributed by atoms with E-state index in [1.807, 2.05) is 36.4 Å². The van der Waals surface area contributed by atoms with Crippen molar-refractivity contribution >= 4 is 0 Å². The van der Waals surface area contributed by atoms with Gasteiger partial charge in [-0.25, -0.2) is 0 Å². The summed E-state index contributed by atoms with van der Waals surface area (Å²) in [5.41, 5.74) is 2.20. The molecule has 2 aromatic carbocycles. The second kappa shape index (κ2) is 4.36. The Hall–Kier alpha value is -1.82. The zero-order valence-corrected chi connectivity index (χ0v) is 9.43. The first kappa shape index (κ1) is 10.7. The van der Waals surface area contributed by atoms with Crippen molar-refractivity contribution in [3.05, 3.63) is 84.4 Å². The SMILES string of the molecule is [CH]=CC(C)(c1ccccc1)c1ccccc1. The Morgan fingerprint density at radius 2 is 1.19 bits per heavy atom. The number of rotatable bonds is 3. The molecule has 1 radical (unpaired) electrons. The molecule has 0 fully saturated rings. The lowest BCUT2D eigenvalue weighted by atomic mass is 9.76. The molecule has 0 heterocycles. The van der Waals surface area contributed by atoms with Gasteiger partial charge < -0.3 is 0 Å². The summed E-state index contributed by atoms with van der Waals surface area (Å²) in [5.74, 6) is 0. The van der Waals surface area contributed by atoms with Crippen LogP contribution >= 0.6 is 0 Å². The fourth-order valence-electron chi connectivity index (χ4n) is 1.93. The van der Waals surface area contributed by atoms with Gasteiger partial charge in [0.15, 0.2) is 0 Å². The standard InChI is InChI=1S/C16H15/c1-3-16(2,14-10-6-4-7-11-14)15-12-8-5-9-13-15/h1,3-13H,2H3. The summed E-state index contributed by atoms with van der Waals surface area (Å²) in [5, 5.41) is 0. The highest BCUT2D eigenvalue weighted by atomic mass is 14.3. The molecule has 79 valence electrons. The maximum Gasteiger partial charge on any atom is 0.0356 e. The molecule has 0 aliphatic carbocycles. The Morgan fingerprint density at radius 3 is 1.50 bits per heavy atom. The van der Waals surface area contributed by atoms with E-state index >= 15 is 0 Å². The molecule has 0 saturated heterocycles. The van der Waals surface area contributed by atoms with Crippen LogP contribution in [-0.4, -0.2) is 0 Å². The largest absolute Gasteiger partial charge is 0.0699 e. The normalized spacial score (nSPS) is 11.1. The van der Waals surface area contributed by atoms with Crippen molar-refractivity contribution in [3.63, 3.8) is 0 Å². The van der Waals surface area contributed by atoms with Crippen LogP contribution in [0.15, 0.2) is 66.7 Å².